The van der Waals surface area contributed by atoms with Crippen molar-refractivity contribution in [2.24, 2.45) is 5.73 Å². The summed E-state index contributed by atoms with van der Waals surface area (Å²) in [6, 6.07) is 8.75. The number of aryl methyl sites for hydroxylation is 1. The van der Waals surface area contributed by atoms with Crippen LogP contribution in [0.1, 0.15) is 50.2 Å². The second-order valence-electron chi connectivity index (χ2n) is 6.71. The molecule has 1 fully saturated rings. The fourth-order valence-corrected chi connectivity index (χ4v) is 4.64. The van der Waals surface area contributed by atoms with Crippen LogP contribution in [-0.4, -0.2) is 29.6 Å². The fourth-order valence-electron chi connectivity index (χ4n) is 4.24. The van der Waals surface area contributed by atoms with Crippen molar-refractivity contribution in [3.05, 3.63) is 33.8 Å². The van der Waals surface area contributed by atoms with Gasteiger partial charge in [0.2, 0.25) is 0 Å². The maximum absolute atomic E-state index is 6.07. The molecule has 2 aliphatic carbocycles. The highest BCUT2D eigenvalue weighted by Gasteiger charge is 2.30. The van der Waals surface area contributed by atoms with Crippen LogP contribution in [-0.2, 0) is 12.8 Å². The Balaban J connectivity index is 1.70. The van der Waals surface area contributed by atoms with Crippen molar-refractivity contribution in [2.75, 3.05) is 6.54 Å². The van der Waals surface area contributed by atoms with Crippen molar-refractivity contribution >= 4 is 15.9 Å². The first kappa shape index (κ1) is 15.5. The van der Waals surface area contributed by atoms with Gasteiger partial charge in [0, 0.05) is 22.6 Å². The molecular weight excluding hydrogens is 324 g/mol. The molecule has 2 N–H and O–H groups in total. The monoisotopic (exact) mass is 350 g/mol. The zero-order chi connectivity index (χ0) is 14.8. The Hall–Kier alpha value is -0.380. The standard InChI is InChI=1S/C18H27BrN2/c1-2-21(17-9-6-16(20)7-10-17)18-8-4-13-11-15(19)5-3-14(13)12-18/h3,5,11,16-18H,2,4,6-10,12,20H2,1H3. The van der Waals surface area contributed by atoms with Crippen LogP contribution in [0, 0.1) is 0 Å². The van der Waals surface area contributed by atoms with E-state index in [1.165, 1.54) is 56.0 Å². The van der Waals surface area contributed by atoms with E-state index in [-0.39, 0.29) is 0 Å². The van der Waals surface area contributed by atoms with Crippen LogP contribution in [0.25, 0.3) is 0 Å². The molecule has 0 radical (unpaired) electrons. The van der Waals surface area contributed by atoms with Crippen molar-refractivity contribution in [3.8, 4) is 0 Å². The van der Waals surface area contributed by atoms with Crippen LogP contribution in [0.3, 0.4) is 0 Å². The van der Waals surface area contributed by atoms with Gasteiger partial charge in [-0.3, -0.25) is 4.90 Å². The van der Waals surface area contributed by atoms with Crippen molar-refractivity contribution in [1.82, 2.24) is 4.90 Å². The van der Waals surface area contributed by atoms with E-state index in [0.717, 1.165) is 12.1 Å². The molecule has 3 heteroatoms. The van der Waals surface area contributed by atoms with Gasteiger partial charge in [0.25, 0.3) is 0 Å². The Kier molecular flexibility index (Phi) is 5.03. The van der Waals surface area contributed by atoms with Gasteiger partial charge in [-0.2, -0.15) is 0 Å². The lowest BCUT2D eigenvalue weighted by Gasteiger charge is -2.42. The molecule has 1 aromatic rings. The zero-order valence-corrected chi connectivity index (χ0v) is 14.6. The maximum Gasteiger partial charge on any atom is 0.0178 e. The largest absolute Gasteiger partial charge is 0.328 e. The van der Waals surface area contributed by atoms with E-state index in [4.69, 9.17) is 5.73 Å². The van der Waals surface area contributed by atoms with Crippen molar-refractivity contribution in [3.63, 3.8) is 0 Å². The van der Waals surface area contributed by atoms with E-state index in [2.05, 4.69) is 46.0 Å². The number of nitrogens with zero attached hydrogens (tertiary/aromatic N) is 1. The van der Waals surface area contributed by atoms with Crippen LogP contribution in [0.2, 0.25) is 0 Å². The summed E-state index contributed by atoms with van der Waals surface area (Å²) < 4.78 is 1.22. The third-order valence-electron chi connectivity index (χ3n) is 5.42. The summed E-state index contributed by atoms with van der Waals surface area (Å²) >= 11 is 3.59. The third kappa shape index (κ3) is 3.52. The smallest absolute Gasteiger partial charge is 0.0178 e. The summed E-state index contributed by atoms with van der Waals surface area (Å²) in [6.45, 7) is 3.50. The number of fused-ring (bicyclic) bond motifs is 1. The first-order chi connectivity index (χ1) is 10.2. The normalized spacial score (nSPS) is 29.4. The first-order valence-electron chi connectivity index (χ1n) is 8.46. The minimum Gasteiger partial charge on any atom is -0.328 e. The minimum absolute atomic E-state index is 0.449. The molecule has 2 nitrogen and oxygen atoms in total. The van der Waals surface area contributed by atoms with Gasteiger partial charge in [-0.05, 0) is 74.8 Å². The van der Waals surface area contributed by atoms with E-state index >= 15 is 0 Å². The van der Waals surface area contributed by atoms with Gasteiger partial charge in [-0.15, -0.1) is 0 Å². The lowest BCUT2D eigenvalue weighted by molar-refractivity contribution is 0.0970. The Morgan fingerprint density at radius 2 is 1.86 bits per heavy atom. The summed E-state index contributed by atoms with van der Waals surface area (Å²) in [5.41, 5.74) is 9.17. The number of benzene rings is 1. The Morgan fingerprint density at radius 1 is 1.10 bits per heavy atom. The SMILES string of the molecule is CCN(C1CCC(N)CC1)C1CCc2cc(Br)ccc2C1. The molecule has 0 heterocycles. The average molecular weight is 351 g/mol. The van der Waals surface area contributed by atoms with Gasteiger partial charge in [-0.1, -0.05) is 28.9 Å². The molecule has 1 unspecified atom stereocenters. The van der Waals surface area contributed by atoms with E-state index < -0.39 is 0 Å². The highest BCUT2D eigenvalue weighted by molar-refractivity contribution is 9.10. The average Bonchev–Trinajstić information content (AvgIpc) is 2.50. The van der Waals surface area contributed by atoms with E-state index in [1.807, 2.05) is 0 Å². The van der Waals surface area contributed by atoms with Crippen LogP contribution in [0.4, 0.5) is 0 Å². The molecule has 0 spiro atoms. The second kappa shape index (κ2) is 6.80. The van der Waals surface area contributed by atoms with Gasteiger partial charge in [-0.25, -0.2) is 0 Å². The van der Waals surface area contributed by atoms with Crippen LogP contribution < -0.4 is 5.73 Å². The minimum atomic E-state index is 0.449. The molecule has 1 aromatic carbocycles. The highest BCUT2D eigenvalue weighted by Crippen LogP contribution is 2.31. The molecule has 1 saturated carbocycles. The van der Waals surface area contributed by atoms with E-state index in [1.54, 1.807) is 11.1 Å². The molecule has 0 bridgehead atoms. The van der Waals surface area contributed by atoms with Gasteiger partial charge in [0.1, 0.15) is 0 Å². The van der Waals surface area contributed by atoms with Gasteiger partial charge in [0.05, 0.1) is 0 Å². The molecule has 0 amide bonds. The Bertz CT molecular complexity index is 480. The zero-order valence-electron chi connectivity index (χ0n) is 13.0. The van der Waals surface area contributed by atoms with Crippen molar-refractivity contribution < 1.29 is 0 Å². The molecule has 2 aliphatic rings. The first-order valence-corrected chi connectivity index (χ1v) is 9.25. The Labute approximate surface area is 137 Å². The van der Waals surface area contributed by atoms with E-state index in [9.17, 15) is 0 Å². The predicted molar refractivity (Wildman–Crippen MR) is 92.6 cm³/mol. The molecular formula is C18H27BrN2. The van der Waals surface area contributed by atoms with E-state index in [0.29, 0.717) is 6.04 Å². The molecule has 0 saturated heterocycles. The van der Waals surface area contributed by atoms with Gasteiger partial charge < -0.3 is 5.73 Å². The topological polar surface area (TPSA) is 29.3 Å². The predicted octanol–water partition coefficient (Wildman–Crippen LogP) is 3.90. The highest BCUT2D eigenvalue weighted by atomic mass is 79.9. The van der Waals surface area contributed by atoms with Gasteiger partial charge in [0.15, 0.2) is 0 Å². The molecule has 0 aromatic heterocycles. The molecule has 116 valence electrons. The van der Waals surface area contributed by atoms with Crippen molar-refractivity contribution in [2.45, 2.75) is 70.0 Å². The fraction of sp³-hybridized carbons (Fsp3) is 0.667. The molecule has 1 atom stereocenters. The summed E-state index contributed by atoms with van der Waals surface area (Å²) in [4.78, 5) is 2.77. The maximum atomic E-state index is 6.07. The summed E-state index contributed by atoms with van der Waals surface area (Å²) in [7, 11) is 0. The number of hydrogen-bond acceptors (Lipinski definition) is 2. The summed E-state index contributed by atoms with van der Waals surface area (Å²) in [6.07, 6.45) is 8.74. The number of halogens is 1. The number of nitrogens with two attached hydrogens (primary N) is 1. The van der Waals surface area contributed by atoms with Crippen LogP contribution >= 0.6 is 15.9 Å². The van der Waals surface area contributed by atoms with Crippen molar-refractivity contribution in [1.29, 1.82) is 0 Å². The van der Waals surface area contributed by atoms with Crippen LogP contribution in [0.15, 0.2) is 22.7 Å². The molecule has 21 heavy (non-hydrogen) atoms. The Morgan fingerprint density at radius 3 is 2.57 bits per heavy atom. The number of rotatable bonds is 3. The quantitative estimate of drug-likeness (QED) is 0.895. The molecule has 3 rings (SSSR count). The van der Waals surface area contributed by atoms with Gasteiger partial charge >= 0.3 is 0 Å². The summed E-state index contributed by atoms with van der Waals surface area (Å²) in [5.74, 6) is 0. The summed E-state index contributed by atoms with van der Waals surface area (Å²) in [5, 5.41) is 0. The number of hydrogen-bond donors (Lipinski definition) is 1. The second-order valence-corrected chi connectivity index (χ2v) is 7.62. The third-order valence-corrected chi connectivity index (χ3v) is 5.91. The lowest BCUT2D eigenvalue weighted by atomic mass is 9.84. The lowest BCUT2D eigenvalue weighted by Crippen LogP contribution is -2.48. The number of likely N-dealkylation sites (N-methyl/N-ethyl adjacent to an activating group) is 1. The molecule has 0 aliphatic heterocycles. The van der Waals surface area contributed by atoms with Crippen LogP contribution in [0.5, 0.6) is 0 Å².